The van der Waals surface area contributed by atoms with E-state index >= 15 is 0 Å². The first-order valence-corrected chi connectivity index (χ1v) is 11.8. The summed E-state index contributed by atoms with van der Waals surface area (Å²) in [4.78, 5) is 31.8. The van der Waals surface area contributed by atoms with Crippen LogP contribution in [0.4, 0.5) is 5.95 Å². The lowest BCUT2D eigenvalue weighted by Crippen LogP contribution is -2.17. The Hall–Kier alpha value is -2.17. The minimum atomic E-state index is -4.23. The maximum absolute atomic E-state index is 11.0. The molecule has 4 N–H and O–H groups in total. The van der Waals surface area contributed by atoms with Gasteiger partial charge in [-0.15, -0.1) is 0 Å². The molecule has 10 nitrogen and oxygen atoms in total. The molecule has 3 aromatic rings. The third kappa shape index (κ3) is 6.16. The van der Waals surface area contributed by atoms with E-state index in [1.54, 1.807) is 17.8 Å². The van der Waals surface area contributed by atoms with Gasteiger partial charge in [-0.3, -0.25) is 4.57 Å². The van der Waals surface area contributed by atoms with Crippen LogP contribution in [-0.4, -0.2) is 47.9 Å². The van der Waals surface area contributed by atoms with Crippen LogP contribution < -0.4 is 10.5 Å². The van der Waals surface area contributed by atoms with Gasteiger partial charge < -0.3 is 29.6 Å². The van der Waals surface area contributed by atoms with Gasteiger partial charge in [-0.1, -0.05) is 11.8 Å². The molecular weight excluding hydrogens is 429 g/mol. The third-order valence-electron chi connectivity index (χ3n) is 3.84. The maximum Gasteiger partial charge on any atom is 0.350 e. The van der Waals surface area contributed by atoms with E-state index in [4.69, 9.17) is 25.0 Å². The number of aromatic nitrogens is 4. The fourth-order valence-corrected chi connectivity index (χ4v) is 3.99. The molecule has 0 aliphatic heterocycles. The largest absolute Gasteiger partial charge is 0.491 e. The van der Waals surface area contributed by atoms with Crippen molar-refractivity contribution >= 4 is 36.5 Å². The molecule has 12 heteroatoms. The van der Waals surface area contributed by atoms with E-state index in [-0.39, 0.29) is 12.1 Å². The fourth-order valence-electron chi connectivity index (χ4n) is 2.66. The Balaban J connectivity index is 1.79. The monoisotopic (exact) mass is 453 g/mol. The molecule has 0 bridgehead atoms. The average Bonchev–Trinajstić information content (AvgIpc) is 3.03. The maximum atomic E-state index is 11.0. The standard InChI is InChI=1S/C18H24N5O5PS/c1-11(2)28-13-4-6-14(7-5-13)30-17-15-16(21-18(19)22-17)23(9-20-15)8-12(3)27-10-29(24,25)26/h4-7,9,11-12H,8,10H2,1-3H3,(H2,19,21,22)(H2,24,25,26). The average molecular weight is 453 g/mol. The Bertz CT molecular complexity index is 1050. The SMILES string of the molecule is CC(C)Oc1ccc(Sc2nc(N)nc3c2ncn3CC(C)OCP(=O)(O)O)cc1. The Kier molecular flexibility index (Phi) is 6.99. The number of rotatable bonds is 9. The first-order valence-electron chi connectivity index (χ1n) is 9.20. The molecule has 0 saturated carbocycles. The lowest BCUT2D eigenvalue weighted by Gasteiger charge is -2.14. The molecule has 1 unspecified atom stereocenters. The molecule has 162 valence electrons. The fraction of sp³-hybridized carbons (Fsp3) is 0.389. The smallest absolute Gasteiger partial charge is 0.350 e. The van der Waals surface area contributed by atoms with Crippen LogP contribution in [0.2, 0.25) is 0 Å². The summed E-state index contributed by atoms with van der Waals surface area (Å²) in [5.74, 6) is 0.894. The number of nitrogen functional groups attached to an aromatic ring is 1. The lowest BCUT2D eigenvalue weighted by atomic mass is 10.3. The van der Waals surface area contributed by atoms with E-state index in [1.807, 2.05) is 38.1 Å². The van der Waals surface area contributed by atoms with Gasteiger partial charge in [0.05, 0.1) is 25.1 Å². The van der Waals surface area contributed by atoms with Crippen molar-refractivity contribution in [3.63, 3.8) is 0 Å². The zero-order chi connectivity index (χ0) is 21.9. The van der Waals surface area contributed by atoms with E-state index in [0.29, 0.717) is 22.7 Å². The van der Waals surface area contributed by atoms with E-state index in [0.717, 1.165) is 10.6 Å². The molecule has 2 aromatic heterocycles. The van der Waals surface area contributed by atoms with Gasteiger partial charge in [0.15, 0.2) is 5.65 Å². The zero-order valence-corrected chi connectivity index (χ0v) is 18.5. The van der Waals surface area contributed by atoms with Crippen LogP contribution in [0, 0.1) is 0 Å². The predicted octanol–water partition coefficient (Wildman–Crippen LogP) is 2.89. The molecule has 0 aliphatic rings. The minimum Gasteiger partial charge on any atom is -0.491 e. The highest BCUT2D eigenvalue weighted by Crippen LogP contribution is 2.35. The second-order valence-corrected chi connectivity index (χ2v) is 9.62. The number of hydrogen-bond acceptors (Lipinski definition) is 8. The van der Waals surface area contributed by atoms with Gasteiger partial charge in [0, 0.05) is 4.90 Å². The highest BCUT2D eigenvalue weighted by atomic mass is 32.2. The van der Waals surface area contributed by atoms with E-state index in [2.05, 4.69) is 15.0 Å². The minimum absolute atomic E-state index is 0.0989. The van der Waals surface area contributed by atoms with Crippen LogP contribution in [0.5, 0.6) is 5.75 Å². The molecule has 0 radical (unpaired) electrons. The highest BCUT2D eigenvalue weighted by molar-refractivity contribution is 7.99. The molecule has 0 aliphatic carbocycles. The highest BCUT2D eigenvalue weighted by Gasteiger charge is 2.18. The van der Waals surface area contributed by atoms with Crippen molar-refractivity contribution < 1.29 is 23.8 Å². The predicted molar refractivity (Wildman–Crippen MR) is 114 cm³/mol. The summed E-state index contributed by atoms with van der Waals surface area (Å²) in [6.07, 6.45) is 0.576. The Morgan fingerprint density at radius 1 is 1.20 bits per heavy atom. The van der Waals surface area contributed by atoms with Crippen LogP contribution >= 0.6 is 19.4 Å². The molecule has 1 aromatic carbocycles. The van der Waals surface area contributed by atoms with Gasteiger partial charge in [0.2, 0.25) is 5.95 Å². The van der Waals surface area contributed by atoms with Crippen molar-refractivity contribution in [1.82, 2.24) is 19.5 Å². The summed E-state index contributed by atoms with van der Waals surface area (Å²) >= 11 is 1.41. The van der Waals surface area contributed by atoms with E-state index in [1.165, 1.54) is 11.8 Å². The normalized spacial score (nSPS) is 13.1. The second-order valence-electron chi connectivity index (χ2n) is 6.97. The van der Waals surface area contributed by atoms with Crippen molar-refractivity contribution in [3.05, 3.63) is 30.6 Å². The number of ether oxygens (including phenoxy) is 2. The van der Waals surface area contributed by atoms with Crippen LogP contribution in [-0.2, 0) is 15.8 Å². The van der Waals surface area contributed by atoms with Crippen LogP contribution in [0.15, 0.2) is 40.5 Å². The van der Waals surface area contributed by atoms with Gasteiger partial charge in [0.1, 0.15) is 22.6 Å². The molecule has 0 fully saturated rings. The molecule has 0 amide bonds. The molecule has 3 rings (SSSR count). The molecule has 30 heavy (non-hydrogen) atoms. The van der Waals surface area contributed by atoms with Crippen molar-refractivity contribution in [3.8, 4) is 5.75 Å². The number of fused-ring (bicyclic) bond motifs is 1. The number of nitrogens with zero attached hydrogens (tertiary/aromatic N) is 4. The first-order chi connectivity index (χ1) is 14.1. The summed E-state index contributed by atoms with van der Waals surface area (Å²) in [5.41, 5.74) is 7.01. The van der Waals surface area contributed by atoms with Gasteiger partial charge in [-0.05, 0) is 45.0 Å². The summed E-state index contributed by atoms with van der Waals surface area (Å²) < 4.78 is 23.6. The van der Waals surface area contributed by atoms with Crippen molar-refractivity contribution in [2.75, 3.05) is 12.1 Å². The van der Waals surface area contributed by atoms with Crippen molar-refractivity contribution in [2.45, 2.75) is 49.4 Å². The molecule has 2 heterocycles. The van der Waals surface area contributed by atoms with Crippen molar-refractivity contribution in [2.24, 2.45) is 0 Å². The summed E-state index contributed by atoms with van der Waals surface area (Å²) in [6, 6.07) is 7.65. The first kappa shape index (κ1) is 22.5. The van der Waals surface area contributed by atoms with Crippen LogP contribution in [0.3, 0.4) is 0 Å². The summed E-state index contributed by atoms with van der Waals surface area (Å²) in [5, 5.41) is 0.609. The Morgan fingerprint density at radius 3 is 2.53 bits per heavy atom. The molecule has 0 saturated heterocycles. The number of benzene rings is 1. The topological polar surface area (TPSA) is 146 Å². The summed E-state index contributed by atoms with van der Waals surface area (Å²) in [7, 11) is -4.23. The Morgan fingerprint density at radius 2 is 1.90 bits per heavy atom. The van der Waals surface area contributed by atoms with Gasteiger partial charge in [-0.25, -0.2) is 9.97 Å². The molecule has 1 atom stereocenters. The van der Waals surface area contributed by atoms with Gasteiger partial charge >= 0.3 is 7.60 Å². The molecule has 0 spiro atoms. The number of hydrogen-bond donors (Lipinski definition) is 3. The second kappa shape index (κ2) is 9.32. The van der Waals surface area contributed by atoms with E-state index < -0.39 is 20.0 Å². The van der Waals surface area contributed by atoms with Crippen LogP contribution in [0.25, 0.3) is 11.2 Å². The number of nitrogens with two attached hydrogens (primary N) is 1. The zero-order valence-electron chi connectivity index (χ0n) is 16.8. The Labute approximate surface area is 178 Å². The number of imidazole rings is 1. The molecular formula is C18H24N5O5PS. The van der Waals surface area contributed by atoms with E-state index in [9.17, 15) is 4.57 Å². The van der Waals surface area contributed by atoms with Crippen LogP contribution in [0.1, 0.15) is 20.8 Å². The van der Waals surface area contributed by atoms with Crippen molar-refractivity contribution in [1.29, 1.82) is 0 Å². The lowest BCUT2D eigenvalue weighted by molar-refractivity contribution is 0.0764. The van der Waals surface area contributed by atoms with Gasteiger partial charge in [0.25, 0.3) is 0 Å². The number of anilines is 1. The van der Waals surface area contributed by atoms with Gasteiger partial charge in [-0.2, -0.15) is 4.98 Å². The third-order valence-corrected chi connectivity index (χ3v) is 5.31. The quantitative estimate of drug-likeness (QED) is 0.326. The summed E-state index contributed by atoms with van der Waals surface area (Å²) in [6.45, 7) is 5.95.